The zero-order chi connectivity index (χ0) is 19.3. The second-order valence-corrected chi connectivity index (χ2v) is 7.02. The summed E-state index contributed by atoms with van der Waals surface area (Å²) in [7, 11) is 0. The molecule has 0 saturated carbocycles. The molecule has 2 aliphatic rings. The van der Waals surface area contributed by atoms with Crippen LogP contribution in [-0.2, 0) is 5.54 Å². The maximum atomic E-state index is 13.0. The van der Waals surface area contributed by atoms with Crippen LogP contribution >= 0.6 is 0 Å². The maximum absolute atomic E-state index is 13.0. The van der Waals surface area contributed by atoms with Gasteiger partial charge in [-0.15, -0.1) is 10.2 Å². The van der Waals surface area contributed by atoms with Gasteiger partial charge < -0.3 is 15.4 Å². The van der Waals surface area contributed by atoms with E-state index in [9.17, 15) is 10.3 Å². The monoisotopic (exact) mass is 374 g/mol. The van der Waals surface area contributed by atoms with Crippen LogP contribution in [0.25, 0.3) is 5.69 Å². The van der Waals surface area contributed by atoms with E-state index < -0.39 is 17.7 Å². The van der Waals surface area contributed by atoms with Crippen molar-refractivity contribution in [1.82, 2.24) is 9.55 Å². The van der Waals surface area contributed by atoms with Crippen molar-refractivity contribution in [1.29, 1.82) is 0 Å². The third-order valence-corrected chi connectivity index (χ3v) is 5.46. The lowest BCUT2D eigenvalue weighted by Crippen LogP contribution is -3.03. The highest BCUT2D eigenvalue weighted by molar-refractivity contribution is 5.76. The first kappa shape index (κ1) is 16.9. The van der Waals surface area contributed by atoms with Crippen molar-refractivity contribution >= 4 is 11.9 Å². The van der Waals surface area contributed by atoms with Gasteiger partial charge in [-0.25, -0.2) is 4.98 Å². The van der Waals surface area contributed by atoms with Gasteiger partial charge in [0.2, 0.25) is 0 Å². The van der Waals surface area contributed by atoms with E-state index in [4.69, 9.17) is 0 Å². The molecule has 2 N–H and O–H groups in total. The number of hydroxylamine groups is 1. The number of fused-ring (bicyclic) bond motifs is 3. The molecule has 0 radical (unpaired) electrons. The molecule has 4 atom stereocenters. The van der Waals surface area contributed by atoms with Crippen molar-refractivity contribution in [3.8, 4) is 5.69 Å². The molecule has 28 heavy (non-hydrogen) atoms. The van der Waals surface area contributed by atoms with E-state index in [0.29, 0.717) is 22.6 Å². The quantitative estimate of drug-likeness (QED) is 0.688. The summed E-state index contributed by atoms with van der Waals surface area (Å²) in [6, 6.07) is 16.2. The number of rotatable bonds is 3. The van der Waals surface area contributed by atoms with Gasteiger partial charge in [0.15, 0.2) is 11.2 Å². The number of para-hydroxylation sites is 2. The van der Waals surface area contributed by atoms with Crippen molar-refractivity contribution < 1.29 is 10.2 Å². The van der Waals surface area contributed by atoms with Gasteiger partial charge in [0.1, 0.15) is 35.5 Å². The van der Waals surface area contributed by atoms with E-state index in [1.165, 1.54) is 6.21 Å². The fourth-order valence-corrected chi connectivity index (χ4v) is 4.01. The molecule has 0 amide bonds. The Morgan fingerprint density at radius 2 is 1.89 bits per heavy atom. The first-order valence-electron chi connectivity index (χ1n) is 9.04. The Morgan fingerprint density at radius 3 is 2.64 bits per heavy atom. The van der Waals surface area contributed by atoms with Crippen molar-refractivity contribution in [2.45, 2.75) is 24.6 Å². The van der Waals surface area contributed by atoms with E-state index >= 15 is 0 Å². The minimum absolute atomic E-state index is 0.0149. The molecule has 3 aromatic rings. The van der Waals surface area contributed by atoms with Crippen molar-refractivity contribution in [2.24, 2.45) is 15.4 Å². The lowest BCUT2D eigenvalue weighted by Gasteiger charge is -2.37. The normalized spacial score (nSPS) is 26.1. The van der Waals surface area contributed by atoms with Gasteiger partial charge in [0, 0.05) is 6.07 Å². The summed E-state index contributed by atoms with van der Waals surface area (Å²) in [4.78, 5) is 4.59. The second-order valence-electron chi connectivity index (χ2n) is 7.02. The van der Waals surface area contributed by atoms with Gasteiger partial charge in [0.05, 0.1) is 6.21 Å². The van der Waals surface area contributed by atoms with Crippen molar-refractivity contribution in [3.63, 3.8) is 0 Å². The molecule has 0 spiro atoms. The van der Waals surface area contributed by atoms with E-state index in [2.05, 4.69) is 20.4 Å². The highest BCUT2D eigenvalue weighted by Gasteiger charge is 2.48. The highest BCUT2D eigenvalue weighted by atomic mass is 16.5. The van der Waals surface area contributed by atoms with E-state index in [1.807, 2.05) is 66.1 Å². The molecule has 1 aromatic heterocycles. The molecule has 8 nitrogen and oxygen atoms in total. The summed E-state index contributed by atoms with van der Waals surface area (Å²) in [5, 5.41) is 36.2. The maximum Gasteiger partial charge on any atom is 0.194 e. The van der Waals surface area contributed by atoms with Crippen LogP contribution in [0.4, 0.5) is 5.69 Å². The first-order chi connectivity index (χ1) is 13.6. The first-order valence-corrected chi connectivity index (χ1v) is 9.04. The average Bonchev–Trinajstić information content (AvgIpc) is 3.40. The Hall–Kier alpha value is -3.20. The molecule has 0 saturated heterocycles. The van der Waals surface area contributed by atoms with Crippen LogP contribution in [0.15, 0.2) is 76.4 Å². The third kappa shape index (κ3) is 2.22. The third-order valence-electron chi connectivity index (χ3n) is 5.46. The van der Waals surface area contributed by atoms with E-state index in [1.54, 1.807) is 6.33 Å². The molecule has 5 rings (SSSR count). The standard InChI is InChI=1S/C20H18N6O2/c1-13-17-18(21-12-25(17)15-9-5-6-10-16(15)26(13)28)20(11-22-24-23-20)19(27)14-7-3-2-4-8-14/h2-13,19,26-27H,1H3. The number of hydrogen-bond donors (Lipinski definition) is 2. The average molecular weight is 374 g/mol. The number of quaternary nitrogens is 1. The molecule has 2 aliphatic heterocycles. The molecule has 8 heteroatoms. The Kier molecular flexibility index (Phi) is 3.73. The van der Waals surface area contributed by atoms with Crippen LogP contribution in [0.3, 0.4) is 0 Å². The number of aromatic nitrogens is 2. The number of hydrogen-bond acceptors (Lipinski definition) is 6. The molecule has 4 unspecified atom stereocenters. The highest BCUT2D eigenvalue weighted by Crippen LogP contribution is 2.43. The zero-order valence-electron chi connectivity index (χ0n) is 15.1. The molecular weight excluding hydrogens is 356 g/mol. The van der Waals surface area contributed by atoms with E-state index in [-0.39, 0.29) is 5.06 Å². The number of nitrogens with one attached hydrogen (secondary N) is 1. The predicted molar refractivity (Wildman–Crippen MR) is 102 cm³/mol. The minimum Gasteiger partial charge on any atom is -0.628 e. The van der Waals surface area contributed by atoms with Gasteiger partial charge in [-0.3, -0.25) is 4.57 Å². The number of aliphatic hydroxyl groups excluding tert-OH is 1. The molecule has 3 heterocycles. The van der Waals surface area contributed by atoms with Gasteiger partial charge >= 0.3 is 0 Å². The number of benzene rings is 2. The molecule has 0 fully saturated rings. The molecule has 0 bridgehead atoms. The molecular formula is C20H18N6O2. The number of imidazole rings is 1. The zero-order valence-corrected chi connectivity index (χ0v) is 15.1. The van der Waals surface area contributed by atoms with Gasteiger partial charge in [-0.2, -0.15) is 0 Å². The summed E-state index contributed by atoms with van der Waals surface area (Å²) in [6.45, 7) is 1.85. The van der Waals surface area contributed by atoms with Crippen LogP contribution < -0.4 is 5.06 Å². The van der Waals surface area contributed by atoms with Crippen LogP contribution in [0.5, 0.6) is 0 Å². The topological polar surface area (TPSA) is 103 Å². The van der Waals surface area contributed by atoms with Crippen molar-refractivity contribution in [3.05, 3.63) is 83.1 Å². The van der Waals surface area contributed by atoms with Crippen LogP contribution in [0.1, 0.15) is 36.0 Å². The van der Waals surface area contributed by atoms with Crippen molar-refractivity contribution in [2.75, 3.05) is 0 Å². The summed E-state index contributed by atoms with van der Waals surface area (Å²) in [5.74, 6) is 0. The fourth-order valence-electron chi connectivity index (χ4n) is 4.01. The molecule has 2 aromatic carbocycles. The molecule has 140 valence electrons. The minimum atomic E-state index is -1.28. The molecule has 0 aliphatic carbocycles. The van der Waals surface area contributed by atoms with Gasteiger partial charge in [-0.05, 0) is 23.8 Å². The largest absolute Gasteiger partial charge is 0.628 e. The number of aliphatic hydroxyl groups is 1. The predicted octanol–water partition coefficient (Wildman–Crippen LogP) is 2.34. The second kappa shape index (κ2) is 6.16. The van der Waals surface area contributed by atoms with E-state index in [0.717, 1.165) is 5.69 Å². The summed E-state index contributed by atoms with van der Waals surface area (Å²) in [5.41, 5.74) is 2.02. The van der Waals surface area contributed by atoms with Crippen LogP contribution in [0.2, 0.25) is 0 Å². The lowest BCUT2D eigenvalue weighted by atomic mass is 9.84. The Morgan fingerprint density at radius 1 is 1.14 bits per heavy atom. The van der Waals surface area contributed by atoms with Crippen LogP contribution in [-0.4, -0.2) is 20.9 Å². The summed E-state index contributed by atoms with van der Waals surface area (Å²) < 4.78 is 1.90. The Balaban J connectivity index is 1.72. The summed E-state index contributed by atoms with van der Waals surface area (Å²) in [6.07, 6.45) is 2.14. The SMILES string of the molecule is CC1c2c(C3(C(O)c4ccccc4)C=NN=N3)ncn2-c2ccccc2[NH+]1[O-]. The Bertz CT molecular complexity index is 1080. The van der Waals surface area contributed by atoms with Gasteiger partial charge in [0.25, 0.3) is 0 Å². The number of nitrogens with zero attached hydrogens (tertiary/aromatic N) is 5. The smallest absolute Gasteiger partial charge is 0.194 e. The summed E-state index contributed by atoms with van der Waals surface area (Å²) >= 11 is 0. The lowest BCUT2D eigenvalue weighted by molar-refractivity contribution is -0.813. The van der Waals surface area contributed by atoms with Gasteiger partial charge in [-0.1, -0.05) is 42.5 Å². The van der Waals surface area contributed by atoms with Crippen LogP contribution in [0, 0.1) is 5.21 Å². The Labute approximate surface area is 161 Å². The fraction of sp³-hybridized carbons (Fsp3) is 0.200.